The van der Waals surface area contributed by atoms with Gasteiger partial charge in [0.25, 0.3) is 0 Å². The molecule has 0 amide bonds. The van der Waals surface area contributed by atoms with E-state index in [1.54, 1.807) is 0 Å². The first-order valence-electron chi connectivity index (χ1n) is 5.78. The maximum Gasteiger partial charge on any atom is 0.0648 e. The molecule has 0 unspecified atom stereocenters. The lowest BCUT2D eigenvalue weighted by molar-refractivity contribution is 0.212. The van der Waals surface area contributed by atoms with E-state index < -0.39 is 0 Å². The molecule has 1 N–H and O–H groups in total. The minimum atomic E-state index is 0.616. The van der Waals surface area contributed by atoms with E-state index in [2.05, 4.69) is 53.9 Å². The summed E-state index contributed by atoms with van der Waals surface area (Å²) in [5.41, 5.74) is 1.08. The SMILES string of the molecule is CC(C)C1CC(Nc2ccc(I)cc2Cl)C1. The molecule has 0 bridgehead atoms. The van der Waals surface area contributed by atoms with Crippen LogP contribution in [0.1, 0.15) is 26.7 Å². The summed E-state index contributed by atoms with van der Waals surface area (Å²) in [4.78, 5) is 0. The lowest BCUT2D eigenvalue weighted by Gasteiger charge is -2.39. The highest BCUT2D eigenvalue weighted by Crippen LogP contribution is 2.36. The molecule has 2 rings (SSSR count). The van der Waals surface area contributed by atoms with Crippen LogP contribution in [0, 0.1) is 15.4 Å². The van der Waals surface area contributed by atoms with E-state index >= 15 is 0 Å². The summed E-state index contributed by atoms with van der Waals surface area (Å²) in [6, 6.07) is 6.79. The van der Waals surface area contributed by atoms with E-state index in [0.717, 1.165) is 22.5 Å². The summed E-state index contributed by atoms with van der Waals surface area (Å²) < 4.78 is 1.18. The van der Waals surface area contributed by atoms with Crippen LogP contribution in [0.4, 0.5) is 5.69 Å². The molecule has 0 aliphatic heterocycles. The average Bonchev–Trinajstić information content (AvgIpc) is 2.12. The highest BCUT2D eigenvalue weighted by Gasteiger charge is 2.31. The van der Waals surface area contributed by atoms with E-state index in [-0.39, 0.29) is 0 Å². The molecule has 1 aliphatic carbocycles. The topological polar surface area (TPSA) is 12.0 Å². The van der Waals surface area contributed by atoms with Crippen molar-refractivity contribution >= 4 is 39.9 Å². The highest BCUT2D eigenvalue weighted by molar-refractivity contribution is 14.1. The zero-order valence-corrected chi connectivity index (χ0v) is 12.5. The molecule has 0 heterocycles. The Morgan fingerprint density at radius 2 is 2.06 bits per heavy atom. The molecule has 0 atom stereocenters. The van der Waals surface area contributed by atoms with Crippen LogP contribution in [-0.4, -0.2) is 6.04 Å². The largest absolute Gasteiger partial charge is 0.381 e. The number of anilines is 1. The minimum absolute atomic E-state index is 0.616. The molecule has 0 aromatic heterocycles. The Morgan fingerprint density at radius 1 is 1.38 bits per heavy atom. The number of hydrogen-bond donors (Lipinski definition) is 1. The molecule has 1 fully saturated rings. The van der Waals surface area contributed by atoms with Crippen molar-refractivity contribution in [3.8, 4) is 0 Å². The van der Waals surface area contributed by atoms with Crippen molar-refractivity contribution in [1.82, 2.24) is 0 Å². The van der Waals surface area contributed by atoms with Crippen LogP contribution < -0.4 is 5.32 Å². The van der Waals surface area contributed by atoms with E-state index in [4.69, 9.17) is 11.6 Å². The Balaban J connectivity index is 1.91. The second kappa shape index (κ2) is 5.13. The third kappa shape index (κ3) is 2.83. The smallest absolute Gasteiger partial charge is 0.0648 e. The molecule has 88 valence electrons. The number of rotatable bonds is 3. The normalized spacial score (nSPS) is 24.3. The average molecular weight is 350 g/mol. The summed E-state index contributed by atoms with van der Waals surface area (Å²) in [6.07, 6.45) is 2.56. The van der Waals surface area contributed by atoms with Gasteiger partial charge in [-0.25, -0.2) is 0 Å². The zero-order valence-electron chi connectivity index (χ0n) is 9.63. The van der Waals surface area contributed by atoms with Crippen LogP contribution in [0.2, 0.25) is 5.02 Å². The fraction of sp³-hybridized carbons (Fsp3) is 0.538. The van der Waals surface area contributed by atoms with Crippen molar-refractivity contribution in [2.24, 2.45) is 11.8 Å². The molecule has 1 aromatic rings. The van der Waals surface area contributed by atoms with Gasteiger partial charge in [0.1, 0.15) is 0 Å². The van der Waals surface area contributed by atoms with Crippen molar-refractivity contribution in [2.75, 3.05) is 5.32 Å². The van der Waals surface area contributed by atoms with Crippen LogP contribution in [0.3, 0.4) is 0 Å². The molecule has 3 heteroatoms. The maximum atomic E-state index is 6.19. The predicted molar refractivity (Wildman–Crippen MR) is 79.1 cm³/mol. The van der Waals surface area contributed by atoms with Gasteiger partial charge in [0.2, 0.25) is 0 Å². The van der Waals surface area contributed by atoms with E-state index in [1.165, 1.54) is 16.4 Å². The maximum absolute atomic E-state index is 6.19. The van der Waals surface area contributed by atoms with Crippen molar-refractivity contribution in [2.45, 2.75) is 32.7 Å². The Bertz CT molecular complexity index is 372. The van der Waals surface area contributed by atoms with Gasteiger partial charge in [0.05, 0.1) is 10.7 Å². The predicted octanol–water partition coefficient (Wildman–Crippen LogP) is 4.79. The Hall–Kier alpha value is 0.0400. The fourth-order valence-electron chi connectivity index (χ4n) is 2.15. The van der Waals surface area contributed by atoms with Gasteiger partial charge in [-0.3, -0.25) is 0 Å². The van der Waals surface area contributed by atoms with Crippen LogP contribution in [0.25, 0.3) is 0 Å². The van der Waals surface area contributed by atoms with Gasteiger partial charge in [-0.15, -0.1) is 0 Å². The van der Waals surface area contributed by atoms with Gasteiger partial charge in [-0.1, -0.05) is 25.4 Å². The fourth-order valence-corrected chi connectivity index (χ4v) is 3.06. The minimum Gasteiger partial charge on any atom is -0.381 e. The summed E-state index contributed by atoms with van der Waals surface area (Å²) in [5, 5.41) is 4.36. The lowest BCUT2D eigenvalue weighted by Crippen LogP contribution is -2.37. The summed E-state index contributed by atoms with van der Waals surface area (Å²) in [5.74, 6) is 1.70. The molecule has 16 heavy (non-hydrogen) atoms. The van der Waals surface area contributed by atoms with E-state index in [0.29, 0.717) is 6.04 Å². The second-order valence-electron chi connectivity index (χ2n) is 4.94. The van der Waals surface area contributed by atoms with Crippen molar-refractivity contribution in [3.63, 3.8) is 0 Å². The van der Waals surface area contributed by atoms with Crippen LogP contribution >= 0.6 is 34.2 Å². The number of hydrogen-bond acceptors (Lipinski definition) is 1. The first-order valence-corrected chi connectivity index (χ1v) is 7.23. The van der Waals surface area contributed by atoms with Gasteiger partial charge < -0.3 is 5.32 Å². The molecule has 0 spiro atoms. The summed E-state index contributed by atoms with van der Waals surface area (Å²) >= 11 is 8.47. The van der Waals surface area contributed by atoms with Gasteiger partial charge in [-0.05, 0) is 65.5 Å². The van der Waals surface area contributed by atoms with Crippen LogP contribution in [-0.2, 0) is 0 Å². The monoisotopic (exact) mass is 349 g/mol. The lowest BCUT2D eigenvalue weighted by atomic mass is 9.73. The molecule has 1 aliphatic rings. The first-order chi connectivity index (χ1) is 7.56. The standard InChI is InChI=1S/C13H17ClIN/c1-8(2)9-5-11(6-9)16-13-4-3-10(15)7-12(13)14/h3-4,7-9,11,16H,5-6H2,1-2H3. The van der Waals surface area contributed by atoms with E-state index in [1.807, 2.05) is 6.07 Å². The van der Waals surface area contributed by atoms with Gasteiger partial charge >= 0.3 is 0 Å². The number of halogens is 2. The zero-order chi connectivity index (χ0) is 11.7. The van der Waals surface area contributed by atoms with Gasteiger partial charge in [-0.2, -0.15) is 0 Å². The molecule has 0 saturated heterocycles. The third-order valence-corrected chi connectivity index (χ3v) is 4.39. The third-order valence-electron chi connectivity index (χ3n) is 3.41. The Kier molecular flexibility index (Phi) is 4.01. The molecular formula is C13H17ClIN. The summed E-state index contributed by atoms with van der Waals surface area (Å²) in [6.45, 7) is 4.61. The molecule has 1 aromatic carbocycles. The van der Waals surface area contributed by atoms with Gasteiger partial charge in [0.15, 0.2) is 0 Å². The quantitative estimate of drug-likeness (QED) is 0.774. The van der Waals surface area contributed by atoms with Crippen molar-refractivity contribution in [1.29, 1.82) is 0 Å². The van der Waals surface area contributed by atoms with Crippen molar-refractivity contribution < 1.29 is 0 Å². The molecule has 1 nitrogen and oxygen atoms in total. The Morgan fingerprint density at radius 3 is 2.62 bits per heavy atom. The second-order valence-corrected chi connectivity index (χ2v) is 6.59. The number of benzene rings is 1. The van der Waals surface area contributed by atoms with Crippen molar-refractivity contribution in [3.05, 3.63) is 26.8 Å². The van der Waals surface area contributed by atoms with Gasteiger partial charge in [0, 0.05) is 9.61 Å². The van der Waals surface area contributed by atoms with Crippen LogP contribution in [0.5, 0.6) is 0 Å². The molecular weight excluding hydrogens is 333 g/mol. The molecule has 1 saturated carbocycles. The first kappa shape index (κ1) is 12.5. The molecule has 0 radical (unpaired) electrons. The van der Waals surface area contributed by atoms with Crippen LogP contribution in [0.15, 0.2) is 18.2 Å². The Labute approximate surface area is 116 Å². The number of nitrogens with one attached hydrogen (secondary N) is 1. The van der Waals surface area contributed by atoms with E-state index in [9.17, 15) is 0 Å². The highest BCUT2D eigenvalue weighted by atomic mass is 127. The summed E-state index contributed by atoms with van der Waals surface area (Å²) in [7, 11) is 0.